The van der Waals surface area contributed by atoms with Crippen molar-refractivity contribution in [3.63, 3.8) is 0 Å². The van der Waals surface area contributed by atoms with Gasteiger partial charge in [0.15, 0.2) is 0 Å². The van der Waals surface area contributed by atoms with Gasteiger partial charge in [0.25, 0.3) is 0 Å². The minimum atomic E-state index is -0.339. The normalized spacial score (nSPS) is 15.7. The molecule has 0 aromatic carbocycles. The average Bonchev–Trinajstić information content (AvgIpc) is 3.33. The molecule has 0 saturated heterocycles. The lowest BCUT2D eigenvalue weighted by Gasteiger charge is -2.03. The number of aliphatic imine (C=N–C) groups is 1. The van der Waals surface area contributed by atoms with Crippen LogP contribution in [0.3, 0.4) is 0 Å². The topological polar surface area (TPSA) is 70.2 Å². The highest BCUT2D eigenvalue weighted by Gasteiger charge is 2.27. The van der Waals surface area contributed by atoms with Gasteiger partial charge in [-0.05, 0) is 67.2 Å². The van der Waals surface area contributed by atoms with Gasteiger partial charge in [0.2, 0.25) is 0 Å². The van der Waals surface area contributed by atoms with Gasteiger partial charge in [-0.15, -0.1) is 0 Å². The smallest absolute Gasteiger partial charge is 0.354 e. The molecule has 5 nitrogen and oxygen atoms in total. The molecule has 0 aliphatic carbocycles. The Labute approximate surface area is 153 Å². The first-order valence-electron chi connectivity index (χ1n) is 8.96. The van der Waals surface area contributed by atoms with Gasteiger partial charge in [0.1, 0.15) is 5.69 Å². The number of hydrogen-bond donors (Lipinski definition) is 2. The lowest BCUT2D eigenvalue weighted by Crippen LogP contribution is -2.06. The van der Waals surface area contributed by atoms with Gasteiger partial charge in [-0.25, -0.2) is 9.79 Å². The summed E-state index contributed by atoms with van der Waals surface area (Å²) in [5.74, 6) is -0.339. The first-order chi connectivity index (χ1) is 12.5. The van der Waals surface area contributed by atoms with Crippen LogP contribution in [0.2, 0.25) is 0 Å². The van der Waals surface area contributed by atoms with Crippen LogP contribution in [-0.4, -0.2) is 28.8 Å². The number of nitrogens with one attached hydrogen (secondary N) is 2. The number of H-pyrrole nitrogens is 2. The van der Waals surface area contributed by atoms with Crippen molar-refractivity contribution in [3.05, 3.63) is 63.4 Å². The summed E-state index contributed by atoms with van der Waals surface area (Å²) in [5, 5.41) is 0. The summed E-state index contributed by atoms with van der Waals surface area (Å²) in [6.07, 6.45) is 5.62. The van der Waals surface area contributed by atoms with E-state index in [1.54, 1.807) is 0 Å². The Kier molecular flexibility index (Phi) is 4.98. The molecule has 0 saturated carbocycles. The maximum absolute atomic E-state index is 12.1. The maximum atomic E-state index is 12.1. The first kappa shape index (κ1) is 18.0. The van der Waals surface area contributed by atoms with Crippen molar-refractivity contribution in [3.8, 4) is 0 Å². The van der Waals surface area contributed by atoms with E-state index < -0.39 is 0 Å². The van der Waals surface area contributed by atoms with Crippen LogP contribution in [0.5, 0.6) is 0 Å². The van der Waals surface area contributed by atoms with Crippen LogP contribution in [0.4, 0.5) is 0 Å². The third-order valence-corrected chi connectivity index (χ3v) is 4.98. The summed E-state index contributed by atoms with van der Waals surface area (Å²) < 4.78 is 4.93. The Morgan fingerprint density at radius 2 is 2.04 bits per heavy atom. The van der Waals surface area contributed by atoms with Crippen molar-refractivity contribution < 1.29 is 9.53 Å². The number of rotatable bonds is 5. The standard InChI is InChI=1S/C21H25N3O2/c1-6-15-12(3)18(23-17(15)11-14-9-8-10-22-14)19-13(4)16(7-2)20(24-19)21(25)26-5/h8-11,22,24H,6-7H2,1-5H3/b17-11+. The Bertz CT molecular complexity index is 925. The van der Waals surface area contributed by atoms with Crippen LogP contribution < -0.4 is 0 Å². The van der Waals surface area contributed by atoms with Crippen molar-refractivity contribution in [2.75, 3.05) is 7.11 Å². The van der Waals surface area contributed by atoms with E-state index in [0.29, 0.717) is 5.69 Å². The number of esters is 1. The van der Waals surface area contributed by atoms with Gasteiger partial charge >= 0.3 is 5.97 Å². The third kappa shape index (κ3) is 2.94. The number of nitrogens with zero attached hydrogens (tertiary/aromatic N) is 1. The zero-order valence-electron chi connectivity index (χ0n) is 16.0. The summed E-state index contributed by atoms with van der Waals surface area (Å²) in [5.41, 5.74) is 8.74. The molecule has 2 aromatic heterocycles. The van der Waals surface area contributed by atoms with E-state index in [1.165, 1.54) is 12.7 Å². The molecule has 0 atom stereocenters. The number of ether oxygens (including phenoxy) is 1. The molecule has 0 amide bonds. The molecule has 0 bridgehead atoms. The largest absolute Gasteiger partial charge is 0.464 e. The maximum Gasteiger partial charge on any atom is 0.354 e. The van der Waals surface area contributed by atoms with Crippen LogP contribution in [0.25, 0.3) is 6.08 Å². The second-order valence-corrected chi connectivity index (χ2v) is 6.40. The summed E-state index contributed by atoms with van der Waals surface area (Å²) in [7, 11) is 1.41. The third-order valence-electron chi connectivity index (χ3n) is 4.98. The van der Waals surface area contributed by atoms with Crippen molar-refractivity contribution in [1.82, 2.24) is 9.97 Å². The lowest BCUT2D eigenvalue weighted by molar-refractivity contribution is 0.0593. The molecule has 3 heterocycles. The summed E-state index contributed by atoms with van der Waals surface area (Å²) in [6, 6.07) is 3.99. The highest BCUT2D eigenvalue weighted by molar-refractivity contribution is 6.16. The number of allylic oxidation sites excluding steroid dienone is 2. The van der Waals surface area contributed by atoms with Gasteiger partial charge in [-0.3, -0.25) is 0 Å². The van der Waals surface area contributed by atoms with E-state index >= 15 is 0 Å². The quantitative estimate of drug-likeness (QED) is 0.775. The van der Waals surface area contributed by atoms with E-state index in [1.807, 2.05) is 32.2 Å². The predicted octanol–water partition coefficient (Wildman–Crippen LogP) is 4.57. The second kappa shape index (κ2) is 7.20. The zero-order valence-corrected chi connectivity index (χ0v) is 16.0. The SMILES string of the molecule is CCC1=C(C)C(c2[nH]c(C(=O)OC)c(CC)c2C)=N/C1=C/c1ccc[nH]1. The molecule has 0 fully saturated rings. The second-order valence-electron chi connectivity index (χ2n) is 6.40. The molecular formula is C21H25N3O2. The van der Waals surface area contributed by atoms with E-state index in [9.17, 15) is 4.79 Å². The number of methoxy groups -OCH3 is 1. The van der Waals surface area contributed by atoms with E-state index in [0.717, 1.165) is 52.3 Å². The van der Waals surface area contributed by atoms with Crippen molar-refractivity contribution in [2.45, 2.75) is 40.5 Å². The fourth-order valence-corrected chi connectivity index (χ4v) is 3.58. The molecule has 2 aromatic rings. The molecule has 136 valence electrons. The van der Waals surface area contributed by atoms with Gasteiger partial charge in [-0.1, -0.05) is 13.8 Å². The lowest BCUT2D eigenvalue weighted by atomic mass is 9.99. The number of carbonyl (C=O) groups excluding carboxylic acids is 1. The fraction of sp³-hybridized carbons (Fsp3) is 0.333. The zero-order chi connectivity index (χ0) is 18.8. The highest BCUT2D eigenvalue weighted by Crippen LogP contribution is 2.33. The minimum absolute atomic E-state index is 0.339. The first-order valence-corrected chi connectivity index (χ1v) is 8.96. The Balaban J connectivity index is 2.13. The molecule has 0 radical (unpaired) electrons. The number of carbonyl (C=O) groups is 1. The Morgan fingerprint density at radius 3 is 2.62 bits per heavy atom. The summed E-state index contributed by atoms with van der Waals surface area (Å²) in [4.78, 5) is 23.5. The molecular weight excluding hydrogens is 326 g/mol. The summed E-state index contributed by atoms with van der Waals surface area (Å²) >= 11 is 0. The molecule has 26 heavy (non-hydrogen) atoms. The van der Waals surface area contributed by atoms with Gasteiger partial charge in [0.05, 0.1) is 24.2 Å². The van der Waals surface area contributed by atoms with Gasteiger partial charge in [-0.2, -0.15) is 0 Å². The number of aromatic nitrogens is 2. The van der Waals surface area contributed by atoms with E-state index in [2.05, 4.69) is 29.9 Å². The number of hydrogen-bond acceptors (Lipinski definition) is 3. The van der Waals surface area contributed by atoms with Crippen LogP contribution in [0.1, 0.15) is 60.2 Å². The highest BCUT2D eigenvalue weighted by atomic mass is 16.5. The van der Waals surface area contributed by atoms with Crippen molar-refractivity contribution in [1.29, 1.82) is 0 Å². The van der Waals surface area contributed by atoms with Crippen LogP contribution in [-0.2, 0) is 11.2 Å². The van der Waals surface area contributed by atoms with Crippen LogP contribution in [0.15, 0.2) is 40.2 Å². The predicted molar refractivity (Wildman–Crippen MR) is 105 cm³/mol. The van der Waals surface area contributed by atoms with Crippen LogP contribution in [0, 0.1) is 6.92 Å². The van der Waals surface area contributed by atoms with E-state index in [4.69, 9.17) is 9.73 Å². The van der Waals surface area contributed by atoms with Crippen LogP contribution >= 0.6 is 0 Å². The molecule has 1 aliphatic heterocycles. The Hall–Kier alpha value is -2.82. The summed E-state index contributed by atoms with van der Waals surface area (Å²) in [6.45, 7) is 8.31. The van der Waals surface area contributed by atoms with Gasteiger partial charge in [0, 0.05) is 11.9 Å². The molecule has 2 N–H and O–H groups in total. The van der Waals surface area contributed by atoms with Gasteiger partial charge < -0.3 is 14.7 Å². The molecule has 5 heteroatoms. The molecule has 0 unspecified atom stereocenters. The van der Waals surface area contributed by atoms with E-state index in [-0.39, 0.29) is 5.97 Å². The molecule has 0 spiro atoms. The average molecular weight is 351 g/mol. The minimum Gasteiger partial charge on any atom is -0.464 e. The number of aromatic amines is 2. The monoisotopic (exact) mass is 351 g/mol. The molecule has 3 rings (SSSR count). The Morgan fingerprint density at radius 1 is 1.27 bits per heavy atom. The fourth-order valence-electron chi connectivity index (χ4n) is 3.58. The molecule has 1 aliphatic rings. The van der Waals surface area contributed by atoms with Crippen molar-refractivity contribution >= 4 is 17.8 Å². The van der Waals surface area contributed by atoms with Crippen molar-refractivity contribution in [2.24, 2.45) is 4.99 Å².